The summed E-state index contributed by atoms with van der Waals surface area (Å²) in [5.74, 6) is 0.638. The first kappa shape index (κ1) is 18.9. The fraction of sp³-hybridized carbons (Fsp3) is 0.200. The molecular weight excluding hydrogens is 394 g/mol. The van der Waals surface area contributed by atoms with Crippen molar-refractivity contribution in [3.8, 4) is 0 Å². The maximum Gasteiger partial charge on any atom is 0.339 e. The van der Waals surface area contributed by atoms with Gasteiger partial charge in [0.2, 0.25) is 0 Å². The first-order chi connectivity index (χ1) is 14.7. The van der Waals surface area contributed by atoms with E-state index in [4.69, 9.17) is 4.74 Å². The zero-order valence-corrected chi connectivity index (χ0v) is 17.2. The number of rotatable bonds is 2. The van der Waals surface area contributed by atoms with Crippen LogP contribution in [0.15, 0.2) is 77.7 Å². The van der Waals surface area contributed by atoms with Gasteiger partial charge in [0, 0.05) is 23.4 Å². The van der Waals surface area contributed by atoms with Crippen molar-refractivity contribution in [3.63, 3.8) is 0 Å². The van der Waals surface area contributed by atoms with Crippen LogP contribution in [0.25, 0.3) is 0 Å². The zero-order chi connectivity index (χ0) is 20.5. The molecule has 0 spiro atoms. The lowest BCUT2D eigenvalue weighted by atomic mass is 9.93. The van der Waals surface area contributed by atoms with Crippen LogP contribution in [0.2, 0.25) is 0 Å². The van der Waals surface area contributed by atoms with Gasteiger partial charge >= 0.3 is 5.97 Å². The molecule has 0 bridgehead atoms. The molecule has 2 aliphatic heterocycles. The van der Waals surface area contributed by atoms with Crippen molar-refractivity contribution in [2.45, 2.75) is 23.8 Å². The summed E-state index contributed by atoms with van der Waals surface area (Å²) in [6, 6.07) is 23.1. The molecule has 1 unspecified atom stereocenters. The van der Waals surface area contributed by atoms with Crippen LogP contribution in [0, 0.1) is 0 Å². The summed E-state index contributed by atoms with van der Waals surface area (Å²) in [5, 5.41) is 0. The second-order valence-corrected chi connectivity index (χ2v) is 8.64. The van der Waals surface area contributed by atoms with E-state index < -0.39 is 0 Å². The van der Waals surface area contributed by atoms with Gasteiger partial charge in [-0.2, -0.15) is 0 Å². The minimum atomic E-state index is -0.333. The number of ether oxygens (including phenoxy) is 1. The molecule has 0 aromatic heterocycles. The largest absolute Gasteiger partial charge is 0.454 e. The van der Waals surface area contributed by atoms with Crippen molar-refractivity contribution >= 4 is 29.3 Å². The van der Waals surface area contributed by atoms with Gasteiger partial charge in [-0.05, 0) is 53.6 Å². The van der Waals surface area contributed by atoms with Gasteiger partial charge in [0.1, 0.15) is 6.10 Å². The van der Waals surface area contributed by atoms with Gasteiger partial charge in [-0.25, -0.2) is 4.79 Å². The number of hydrogen-bond donors (Lipinski definition) is 0. The molecule has 3 aromatic rings. The van der Waals surface area contributed by atoms with Crippen LogP contribution < -0.4 is 4.90 Å². The molecule has 2 aliphatic rings. The lowest BCUT2D eigenvalue weighted by Gasteiger charge is -2.26. The summed E-state index contributed by atoms with van der Waals surface area (Å²) in [6.45, 7) is 0.689. The molecule has 1 atom stereocenters. The van der Waals surface area contributed by atoms with Crippen molar-refractivity contribution in [2.75, 3.05) is 17.2 Å². The Bertz CT molecular complexity index is 1110. The third-order valence-corrected chi connectivity index (χ3v) is 6.73. The lowest BCUT2D eigenvalue weighted by Crippen LogP contribution is -2.32. The Morgan fingerprint density at radius 2 is 1.80 bits per heavy atom. The Kier molecular flexibility index (Phi) is 5.05. The number of para-hydroxylation sites is 1. The fourth-order valence-electron chi connectivity index (χ4n) is 4.08. The summed E-state index contributed by atoms with van der Waals surface area (Å²) >= 11 is 1.79. The van der Waals surface area contributed by atoms with Crippen molar-refractivity contribution in [1.82, 2.24) is 0 Å². The Morgan fingerprint density at radius 1 is 1.00 bits per heavy atom. The molecule has 3 aromatic carbocycles. The molecule has 0 fully saturated rings. The summed E-state index contributed by atoms with van der Waals surface area (Å²) in [4.78, 5) is 29.0. The fourth-order valence-corrected chi connectivity index (χ4v) is 5.07. The summed E-state index contributed by atoms with van der Waals surface area (Å²) in [5.41, 5.74) is 3.95. The van der Waals surface area contributed by atoms with Crippen LogP contribution >= 0.6 is 11.8 Å². The topological polar surface area (TPSA) is 46.6 Å². The molecule has 5 rings (SSSR count). The second kappa shape index (κ2) is 8.00. The van der Waals surface area contributed by atoms with Crippen molar-refractivity contribution in [1.29, 1.82) is 0 Å². The maximum atomic E-state index is 13.4. The van der Waals surface area contributed by atoms with E-state index in [1.807, 2.05) is 59.5 Å². The number of amides is 1. The van der Waals surface area contributed by atoms with E-state index in [2.05, 4.69) is 6.07 Å². The molecule has 1 amide bonds. The number of esters is 1. The van der Waals surface area contributed by atoms with Gasteiger partial charge in [0.15, 0.2) is 0 Å². The Hall–Kier alpha value is -3.05. The summed E-state index contributed by atoms with van der Waals surface area (Å²) in [6.07, 6.45) is 1.18. The highest BCUT2D eigenvalue weighted by Gasteiger charge is 2.29. The van der Waals surface area contributed by atoms with E-state index >= 15 is 0 Å². The first-order valence-electron chi connectivity index (χ1n) is 10.1. The molecule has 0 aliphatic carbocycles. The van der Waals surface area contributed by atoms with Crippen LogP contribution in [0.5, 0.6) is 0 Å². The van der Waals surface area contributed by atoms with Crippen LogP contribution in [0.1, 0.15) is 44.4 Å². The monoisotopic (exact) mass is 415 g/mol. The lowest BCUT2D eigenvalue weighted by molar-refractivity contribution is 0.0252. The number of nitrogens with zero attached hydrogens (tertiary/aromatic N) is 1. The van der Waals surface area contributed by atoms with E-state index in [-0.39, 0.29) is 18.0 Å². The second-order valence-electron chi connectivity index (χ2n) is 7.51. The van der Waals surface area contributed by atoms with E-state index in [9.17, 15) is 9.59 Å². The minimum Gasteiger partial charge on any atom is -0.454 e. The Morgan fingerprint density at radius 3 is 2.67 bits per heavy atom. The molecular formula is C25H21NO3S. The van der Waals surface area contributed by atoms with Crippen LogP contribution in [-0.2, 0) is 11.2 Å². The number of carbonyl (C=O) groups excluding carboxylic acids is 2. The van der Waals surface area contributed by atoms with Gasteiger partial charge in [-0.15, -0.1) is 11.8 Å². The third-order valence-electron chi connectivity index (χ3n) is 5.58. The molecule has 5 heteroatoms. The first-order valence-corrected chi connectivity index (χ1v) is 11.1. The number of cyclic esters (lactones) is 1. The maximum absolute atomic E-state index is 13.4. The van der Waals surface area contributed by atoms with Crippen molar-refractivity contribution in [3.05, 3.63) is 95.1 Å². The molecule has 150 valence electrons. The predicted octanol–water partition coefficient (Wildman–Crippen LogP) is 5.28. The number of carbonyl (C=O) groups is 2. The quantitative estimate of drug-likeness (QED) is 0.534. The van der Waals surface area contributed by atoms with E-state index in [1.165, 1.54) is 0 Å². The molecule has 0 radical (unpaired) electrons. The SMILES string of the molecule is O=C1OC(c2ccccc2)Cc2cc(C(=O)N3CCCSc4ccccc43)ccc21. The van der Waals surface area contributed by atoms with Gasteiger partial charge in [-0.1, -0.05) is 42.5 Å². The highest BCUT2D eigenvalue weighted by Crippen LogP contribution is 2.35. The summed E-state index contributed by atoms with van der Waals surface area (Å²) < 4.78 is 5.64. The van der Waals surface area contributed by atoms with Gasteiger partial charge < -0.3 is 9.64 Å². The van der Waals surface area contributed by atoms with Gasteiger partial charge in [0.05, 0.1) is 11.3 Å². The van der Waals surface area contributed by atoms with Gasteiger partial charge in [-0.3, -0.25) is 4.79 Å². The minimum absolute atomic E-state index is 0.0250. The Balaban J connectivity index is 1.47. The molecule has 0 N–H and O–H groups in total. The highest BCUT2D eigenvalue weighted by molar-refractivity contribution is 7.99. The predicted molar refractivity (Wildman–Crippen MR) is 118 cm³/mol. The normalized spacial score (nSPS) is 18.1. The van der Waals surface area contributed by atoms with E-state index in [0.29, 0.717) is 24.1 Å². The molecule has 0 saturated heterocycles. The number of fused-ring (bicyclic) bond motifs is 2. The summed E-state index contributed by atoms with van der Waals surface area (Å²) in [7, 11) is 0. The van der Waals surface area contributed by atoms with Gasteiger partial charge in [0.25, 0.3) is 5.91 Å². The standard InChI is InChI=1S/C25H21NO3S/c27-24(26-13-6-14-30-23-10-5-4-9-21(23)26)18-11-12-20-19(15-18)16-22(29-25(20)28)17-7-2-1-3-8-17/h1-5,7-12,15,22H,6,13-14,16H2. The number of anilines is 1. The molecule has 30 heavy (non-hydrogen) atoms. The molecule has 2 heterocycles. The van der Waals surface area contributed by atoms with Crippen molar-refractivity contribution < 1.29 is 14.3 Å². The van der Waals surface area contributed by atoms with Crippen LogP contribution in [0.3, 0.4) is 0 Å². The Labute approximate surface area is 179 Å². The van der Waals surface area contributed by atoms with E-state index in [0.717, 1.165) is 33.9 Å². The smallest absolute Gasteiger partial charge is 0.339 e. The third kappa shape index (κ3) is 3.50. The van der Waals surface area contributed by atoms with Crippen LogP contribution in [-0.4, -0.2) is 24.2 Å². The molecule has 4 nitrogen and oxygen atoms in total. The van der Waals surface area contributed by atoms with Crippen LogP contribution in [0.4, 0.5) is 5.69 Å². The van der Waals surface area contributed by atoms with E-state index in [1.54, 1.807) is 23.9 Å². The highest BCUT2D eigenvalue weighted by atomic mass is 32.2. The number of thioether (sulfide) groups is 1. The number of benzene rings is 3. The average molecular weight is 416 g/mol. The van der Waals surface area contributed by atoms with Crippen molar-refractivity contribution in [2.24, 2.45) is 0 Å². The number of hydrogen-bond acceptors (Lipinski definition) is 4. The molecule has 0 saturated carbocycles. The zero-order valence-electron chi connectivity index (χ0n) is 16.4. The average Bonchev–Trinajstić information content (AvgIpc) is 3.01.